The molecule has 0 aliphatic carbocycles. The van der Waals surface area contributed by atoms with Crippen LogP contribution in [0, 0.1) is 23.0 Å². The Labute approximate surface area is 188 Å². The second-order valence-corrected chi connectivity index (χ2v) is 7.54. The Kier molecular flexibility index (Phi) is 6.94. The van der Waals surface area contributed by atoms with Crippen LogP contribution in [0.2, 0.25) is 5.02 Å². The first-order chi connectivity index (χ1) is 15.2. The highest BCUT2D eigenvalue weighted by Gasteiger charge is 2.36. The number of hydrogen-bond donors (Lipinski definition) is 1. The van der Waals surface area contributed by atoms with Crippen LogP contribution in [0.15, 0.2) is 36.4 Å². The minimum absolute atomic E-state index is 0.0622. The van der Waals surface area contributed by atoms with E-state index in [1.54, 1.807) is 18.2 Å². The SMILES string of the molecule is COc1ccc([N+](=O)[O-])c(NC(=O)COC(=O)[C@@H]2CC(=O)N(c3ccc(C)c(Cl)c3)C2)c1. The lowest BCUT2D eigenvalue weighted by molar-refractivity contribution is -0.383. The zero-order valence-electron chi connectivity index (χ0n) is 17.3. The smallest absolute Gasteiger partial charge is 0.311 e. The normalized spacial score (nSPS) is 15.4. The molecule has 0 aromatic heterocycles. The van der Waals surface area contributed by atoms with Gasteiger partial charge in [-0.05, 0) is 30.7 Å². The first kappa shape index (κ1) is 23.0. The molecule has 2 amide bonds. The van der Waals surface area contributed by atoms with Crippen molar-refractivity contribution >= 4 is 46.4 Å². The fourth-order valence-electron chi connectivity index (χ4n) is 3.21. The van der Waals surface area contributed by atoms with Crippen molar-refractivity contribution in [1.29, 1.82) is 0 Å². The molecule has 168 valence electrons. The number of carbonyl (C=O) groups is 3. The van der Waals surface area contributed by atoms with Crippen molar-refractivity contribution in [2.45, 2.75) is 13.3 Å². The molecule has 0 bridgehead atoms. The van der Waals surface area contributed by atoms with E-state index in [1.165, 1.54) is 30.2 Å². The van der Waals surface area contributed by atoms with E-state index in [2.05, 4.69) is 5.32 Å². The van der Waals surface area contributed by atoms with E-state index >= 15 is 0 Å². The molecule has 1 atom stereocenters. The molecule has 1 aliphatic heterocycles. The summed E-state index contributed by atoms with van der Waals surface area (Å²) >= 11 is 6.12. The fraction of sp³-hybridized carbons (Fsp3) is 0.286. The van der Waals surface area contributed by atoms with Crippen LogP contribution in [0.1, 0.15) is 12.0 Å². The standard InChI is InChI=1S/C21H20ClN3O7/c1-12-3-4-14(8-16(12)22)24-10-13(7-20(24)27)21(28)32-11-19(26)23-17-9-15(31-2)5-6-18(17)25(29)30/h3-6,8-9,13H,7,10-11H2,1-2H3,(H,23,26)/t13-/m1/s1. The lowest BCUT2D eigenvalue weighted by atomic mass is 10.1. The van der Waals surface area contributed by atoms with Crippen molar-refractivity contribution in [1.82, 2.24) is 0 Å². The summed E-state index contributed by atoms with van der Waals surface area (Å²) < 4.78 is 10.0. The lowest BCUT2D eigenvalue weighted by Gasteiger charge is -2.17. The number of methoxy groups -OCH3 is 1. The number of nitrogens with zero attached hydrogens (tertiary/aromatic N) is 2. The van der Waals surface area contributed by atoms with Crippen molar-refractivity contribution in [2.75, 3.05) is 30.5 Å². The lowest BCUT2D eigenvalue weighted by Crippen LogP contribution is -2.28. The number of benzene rings is 2. The molecule has 10 nitrogen and oxygen atoms in total. The van der Waals surface area contributed by atoms with Crippen LogP contribution >= 0.6 is 11.6 Å². The first-order valence-electron chi connectivity index (χ1n) is 9.55. The average molecular weight is 462 g/mol. The molecule has 1 heterocycles. The number of nitro groups is 1. The number of amides is 2. The molecule has 0 saturated carbocycles. The quantitative estimate of drug-likeness (QED) is 0.381. The van der Waals surface area contributed by atoms with E-state index in [1.807, 2.05) is 6.92 Å². The number of nitro benzene ring substituents is 1. The molecular formula is C21H20ClN3O7. The van der Waals surface area contributed by atoms with E-state index in [0.717, 1.165) is 5.56 Å². The molecule has 0 unspecified atom stereocenters. The van der Waals surface area contributed by atoms with Gasteiger partial charge in [0, 0.05) is 35.8 Å². The number of esters is 1. The van der Waals surface area contributed by atoms with Crippen LogP contribution in [0.3, 0.4) is 0 Å². The summed E-state index contributed by atoms with van der Waals surface area (Å²) in [7, 11) is 1.38. The molecule has 1 N–H and O–H groups in total. The third-order valence-corrected chi connectivity index (χ3v) is 5.35. The van der Waals surface area contributed by atoms with E-state index in [0.29, 0.717) is 16.5 Å². The highest BCUT2D eigenvalue weighted by atomic mass is 35.5. The summed E-state index contributed by atoms with van der Waals surface area (Å²) in [5, 5.41) is 14.0. The third-order valence-electron chi connectivity index (χ3n) is 4.95. The van der Waals surface area contributed by atoms with Gasteiger partial charge in [0.2, 0.25) is 5.91 Å². The molecule has 1 saturated heterocycles. The Morgan fingerprint density at radius 2 is 2.03 bits per heavy atom. The number of nitrogens with one attached hydrogen (secondary N) is 1. The van der Waals surface area contributed by atoms with Gasteiger partial charge in [-0.15, -0.1) is 0 Å². The van der Waals surface area contributed by atoms with Gasteiger partial charge < -0.3 is 19.7 Å². The predicted octanol–water partition coefficient (Wildman–Crippen LogP) is 3.10. The number of aryl methyl sites for hydroxylation is 1. The van der Waals surface area contributed by atoms with Crippen molar-refractivity contribution in [3.63, 3.8) is 0 Å². The number of carbonyl (C=O) groups excluding carboxylic acids is 3. The minimum Gasteiger partial charge on any atom is -0.497 e. The Morgan fingerprint density at radius 3 is 2.69 bits per heavy atom. The Morgan fingerprint density at radius 1 is 1.28 bits per heavy atom. The molecule has 11 heteroatoms. The number of halogens is 1. The second kappa shape index (κ2) is 9.65. The largest absolute Gasteiger partial charge is 0.497 e. The van der Waals surface area contributed by atoms with E-state index in [4.69, 9.17) is 21.1 Å². The molecule has 2 aromatic rings. The topological polar surface area (TPSA) is 128 Å². The van der Waals surface area contributed by atoms with Crippen molar-refractivity contribution in [2.24, 2.45) is 5.92 Å². The van der Waals surface area contributed by atoms with Gasteiger partial charge in [0.15, 0.2) is 6.61 Å². The zero-order chi connectivity index (χ0) is 23.4. The number of hydrogen-bond acceptors (Lipinski definition) is 7. The summed E-state index contributed by atoms with van der Waals surface area (Å²) in [5.74, 6) is -2.18. The number of anilines is 2. The summed E-state index contributed by atoms with van der Waals surface area (Å²) in [6, 6.07) is 9.03. The zero-order valence-corrected chi connectivity index (χ0v) is 18.0. The van der Waals surface area contributed by atoms with Crippen LogP contribution in [-0.4, -0.2) is 43.0 Å². The van der Waals surface area contributed by atoms with Gasteiger partial charge >= 0.3 is 5.97 Å². The van der Waals surface area contributed by atoms with Gasteiger partial charge in [-0.25, -0.2) is 0 Å². The highest BCUT2D eigenvalue weighted by molar-refractivity contribution is 6.31. The first-order valence-corrected chi connectivity index (χ1v) is 9.93. The van der Waals surface area contributed by atoms with E-state index in [-0.39, 0.29) is 30.2 Å². The number of ether oxygens (including phenoxy) is 2. The van der Waals surface area contributed by atoms with Gasteiger partial charge in [-0.1, -0.05) is 17.7 Å². The van der Waals surface area contributed by atoms with Gasteiger partial charge in [0.05, 0.1) is 18.0 Å². The molecule has 0 spiro atoms. The highest BCUT2D eigenvalue weighted by Crippen LogP contribution is 2.30. The molecule has 1 aliphatic rings. The van der Waals surface area contributed by atoms with E-state index in [9.17, 15) is 24.5 Å². The maximum absolute atomic E-state index is 12.4. The number of rotatable bonds is 7. The van der Waals surface area contributed by atoms with Crippen LogP contribution in [0.25, 0.3) is 0 Å². The van der Waals surface area contributed by atoms with Crippen molar-refractivity contribution < 1.29 is 28.8 Å². The Balaban J connectivity index is 1.59. The predicted molar refractivity (Wildman–Crippen MR) is 116 cm³/mol. The summed E-state index contributed by atoms with van der Waals surface area (Å²) in [4.78, 5) is 48.8. The Bertz CT molecular complexity index is 1090. The van der Waals surface area contributed by atoms with Gasteiger partial charge in [-0.2, -0.15) is 0 Å². The van der Waals surface area contributed by atoms with Crippen molar-refractivity contribution in [3.05, 3.63) is 57.1 Å². The maximum atomic E-state index is 12.4. The summed E-state index contributed by atoms with van der Waals surface area (Å²) in [6.07, 6.45) is -0.0622. The third kappa shape index (κ3) is 5.14. The average Bonchev–Trinajstić information content (AvgIpc) is 3.15. The molecule has 0 radical (unpaired) electrons. The molecule has 2 aromatic carbocycles. The van der Waals surface area contributed by atoms with Crippen LogP contribution < -0.4 is 15.0 Å². The van der Waals surface area contributed by atoms with Gasteiger partial charge in [0.1, 0.15) is 11.4 Å². The monoisotopic (exact) mass is 461 g/mol. The van der Waals surface area contributed by atoms with Crippen molar-refractivity contribution in [3.8, 4) is 5.75 Å². The fourth-order valence-corrected chi connectivity index (χ4v) is 3.38. The molecular weight excluding hydrogens is 442 g/mol. The van der Waals surface area contributed by atoms with Gasteiger partial charge in [-0.3, -0.25) is 24.5 Å². The summed E-state index contributed by atoms with van der Waals surface area (Å²) in [6.45, 7) is 1.28. The second-order valence-electron chi connectivity index (χ2n) is 7.13. The van der Waals surface area contributed by atoms with Gasteiger partial charge in [0.25, 0.3) is 11.6 Å². The maximum Gasteiger partial charge on any atom is 0.311 e. The van der Waals surface area contributed by atoms with E-state index < -0.39 is 29.3 Å². The summed E-state index contributed by atoms with van der Waals surface area (Å²) in [5.41, 5.74) is 1.01. The Hall–Kier alpha value is -3.66. The molecule has 3 rings (SSSR count). The molecule has 32 heavy (non-hydrogen) atoms. The van der Waals surface area contributed by atoms with Crippen LogP contribution in [-0.2, 0) is 19.1 Å². The molecule has 1 fully saturated rings. The minimum atomic E-state index is -0.763. The van der Waals surface area contributed by atoms with Crippen LogP contribution in [0.5, 0.6) is 5.75 Å². The van der Waals surface area contributed by atoms with Crippen LogP contribution in [0.4, 0.5) is 17.1 Å².